The molecule has 0 N–H and O–H groups in total. The average molecular weight is 369 g/mol. The molecule has 0 saturated heterocycles. The standard InChI is InChI=1S/C10H10BrIO2/c1-2-5-14-10(13)8-6-7(11)3-4-9(8)12/h3-4,6H,2,5H2,1H3. The minimum atomic E-state index is -0.252. The van der Waals surface area contributed by atoms with Crippen LogP contribution in [0.4, 0.5) is 0 Å². The molecule has 0 aliphatic carbocycles. The highest BCUT2D eigenvalue weighted by Gasteiger charge is 2.11. The number of hydrogen-bond acceptors (Lipinski definition) is 2. The van der Waals surface area contributed by atoms with Crippen LogP contribution in [0, 0.1) is 3.57 Å². The van der Waals surface area contributed by atoms with Gasteiger partial charge in [-0.05, 0) is 47.2 Å². The van der Waals surface area contributed by atoms with Crippen LogP contribution >= 0.6 is 38.5 Å². The van der Waals surface area contributed by atoms with Crippen molar-refractivity contribution in [1.82, 2.24) is 0 Å². The molecule has 1 rings (SSSR count). The van der Waals surface area contributed by atoms with Gasteiger partial charge in [0.2, 0.25) is 0 Å². The van der Waals surface area contributed by atoms with Crippen LogP contribution in [0.25, 0.3) is 0 Å². The predicted octanol–water partition coefficient (Wildman–Crippen LogP) is 3.62. The zero-order valence-electron chi connectivity index (χ0n) is 7.72. The van der Waals surface area contributed by atoms with Crippen molar-refractivity contribution in [2.45, 2.75) is 13.3 Å². The molecule has 0 radical (unpaired) electrons. The van der Waals surface area contributed by atoms with E-state index < -0.39 is 0 Å². The fourth-order valence-electron chi connectivity index (χ4n) is 0.926. The van der Waals surface area contributed by atoms with E-state index in [0.29, 0.717) is 12.2 Å². The van der Waals surface area contributed by atoms with Gasteiger partial charge in [0.1, 0.15) is 0 Å². The van der Waals surface area contributed by atoms with Crippen molar-refractivity contribution >= 4 is 44.5 Å². The van der Waals surface area contributed by atoms with Gasteiger partial charge in [-0.2, -0.15) is 0 Å². The summed E-state index contributed by atoms with van der Waals surface area (Å²) in [6, 6.07) is 5.56. The van der Waals surface area contributed by atoms with Gasteiger partial charge in [0.15, 0.2) is 0 Å². The molecular formula is C10H10BrIO2. The lowest BCUT2D eigenvalue weighted by atomic mass is 10.2. The molecule has 1 aromatic rings. The van der Waals surface area contributed by atoms with Gasteiger partial charge in [-0.3, -0.25) is 0 Å². The van der Waals surface area contributed by atoms with E-state index in [9.17, 15) is 4.79 Å². The van der Waals surface area contributed by atoms with Gasteiger partial charge in [0.05, 0.1) is 12.2 Å². The third-order valence-electron chi connectivity index (χ3n) is 1.59. The Bertz CT molecular complexity index is 339. The van der Waals surface area contributed by atoms with Gasteiger partial charge in [0.25, 0.3) is 0 Å². The first-order valence-corrected chi connectivity index (χ1v) is 6.14. The van der Waals surface area contributed by atoms with Gasteiger partial charge in [-0.25, -0.2) is 4.79 Å². The second kappa shape index (κ2) is 5.70. The molecule has 4 heteroatoms. The minimum absolute atomic E-state index is 0.252. The predicted molar refractivity (Wildman–Crippen MR) is 67.4 cm³/mol. The van der Waals surface area contributed by atoms with Crippen molar-refractivity contribution in [2.75, 3.05) is 6.61 Å². The molecule has 2 nitrogen and oxygen atoms in total. The van der Waals surface area contributed by atoms with E-state index in [0.717, 1.165) is 14.5 Å². The number of halogens is 2. The summed E-state index contributed by atoms with van der Waals surface area (Å²) >= 11 is 5.44. The van der Waals surface area contributed by atoms with Crippen molar-refractivity contribution in [3.63, 3.8) is 0 Å². The molecule has 0 unspecified atom stereocenters. The Morgan fingerprint density at radius 3 is 2.93 bits per heavy atom. The van der Waals surface area contributed by atoms with Crippen molar-refractivity contribution in [3.8, 4) is 0 Å². The lowest BCUT2D eigenvalue weighted by Crippen LogP contribution is -2.07. The lowest BCUT2D eigenvalue weighted by molar-refractivity contribution is 0.0504. The van der Waals surface area contributed by atoms with Gasteiger partial charge in [-0.1, -0.05) is 22.9 Å². The molecule has 0 saturated carbocycles. The molecule has 14 heavy (non-hydrogen) atoms. The monoisotopic (exact) mass is 368 g/mol. The molecule has 0 aliphatic heterocycles. The summed E-state index contributed by atoms with van der Waals surface area (Å²) in [6.45, 7) is 2.45. The van der Waals surface area contributed by atoms with Crippen LogP contribution in [-0.2, 0) is 4.74 Å². The molecule has 0 bridgehead atoms. The highest BCUT2D eigenvalue weighted by molar-refractivity contribution is 14.1. The Hall–Kier alpha value is -0.100. The Labute approximate surface area is 105 Å². The van der Waals surface area contributed by atoms with Crippen LogP contribution < -0.4 is 0 Å². The number of hydrogen-bond donors (Lipinski definition) is 0. The minimum Gasteiger partial charge on any atom is -0.462 e. The fraction of sp³-hybridized carbons (Fsp3) is 0.300. The van der Waals surface area contributed by atoms with Gasteiger partial charge in [0, 0.05) is 8.04 Å². The number of ether oxygens (including phenoxy) is 1. The second-order valence-electron chi connectivity index (χ2n) is 2.76. The summed E-state index contributed by atoms with van der Waals surface area (Å²) in [5.41, 5.74) is 0.619. The van der Waals surface area contributed by atoms with Crippen LogP contribution in [0.3, 0.4) is 0 Å². The fourth-order valence-corrected chi connectivity index (χ4v) is 1.84. The number of benzene rings is 1. The Kier molecular flexibility index (Phi) is 4.88. The molecule has 0 spiro atoms. The maximum atomic E-state index is 11.5. The molecule has 0 heterocycles. The zero-order valence-corrected chi connectivity index (χ0v) is 11.5. The third-order valence-corrected chi connectivity index (χ3v) is 3.02. The van der Waals surface area contributed by atoms with Crippen LogP contribution in [0.2, 0.25) is 0 Å². The number of carbonyl (C=O) groups excluding carboxylic acids is 1. The normalized spacial score (nSPS) is 9.93. The molecule has 0 fully saturated rings. The van der Waals surface area contributed by atoms with E-state index in [-0.39, 0.29) is 5.97 Å². The maximum Gasteiger partial charge on any atom is 0.339 e. The zero-order chi connectivity index (χ0) is 10.6. The first-order valence-electron chi connectivity index (χ1n) is 4.27. The van der Waals surface area contributed by atoms with E-state index in [1.165, 1.54) is 0 Å². The average Bonchev–Trinajstić information content (AvgIpc) is 2.18. The second-order valence-corrected chi connectivity index (χ2v) is 4.84. The van der Waals surface area contributed by atoms with Gasteiger partial charge < -0.3 is 4.74 Å². The van der Waals surface area contributed by atoms with E-state index >= 15 is 0 Å². The Morgan fingerprint density at radius 2 is 2.29 bits per heavy atom. The van der Waals surface area contributed by atoms with Crippen LogP contribution in [0.5, 0.6) is 0 Å². The highest BCUT2D eigenvalue weighted by atomic mass is 127. The first-order chi connectivity index (χ1) is 6.65. The summed E-state index contributed by atoms with van der Waals surface area (Å²) in [6.07, 6.45) is 0.844. The molecule has 0 amide bonds. The van der Waals surface area contributed by atoms with Crippen molar-refractivity contribution in [2.24, 2.45) is 0 Å². The van der Waals surface area contributed by atoms with Gasteiger partial charge >= 0.3 is 5.97 Å². The molecule has 76 valence electrons. The number of esters is 1. The summed E-state index contributed by atoms with van der Waals surface area (Å²) < 4.78 is 6.85. The van der Waals surface area contributed by atoms with Gasteiger partial charge in [-0.15, -0.1) is 0 Å². The molecule has 0 aromatic heterocycles. The molecule has 0 atom stereocenters. The van der Waals surface area contributed by atoms with Crippen molar-refractivity contribution in [1.29, 1.82) is 0 Å². The quantitative estimate of drug-likeness (QED) is 0.601. The molecule has 0 aliphatic rings. The first kappa shape index (κ1) is 12.0. The third kappa shape index (κ3) is 3.24. The Balaban J connectivity index is 2.83. The van der Waals surface area contributed by atoms with E-state index in [4.69, 9.17) is 4.74 Å². The maximum absolute atomic E-state index is 11.5. The number of carbonyl (C=O) groups is 1. The van der Waals surface area contributed by atoms with Crippen LogP contribution in [-0.4, -0.2) is 12.6 Å². The summed E-state index contributed by atoms with van der Waals surface area (Å²) in [4.78, 5) is 11.5. The summed E-state index contributed by atoms with van der Waals surface area (Å²) in [5.74, 6) is -0.252. The Morgan fingerprint density at radius 1 is 1.57 bits per heavy atom. The summed E-state index contributed by atoms with van der Waals surface area (Å²) in [7, 11) is 0. The summed E-state index contributed by atoms with van der Waals surface area (Å²) in [5, 5.41) is 0. The van der Waals surface area contributed by atoms with E-state index in [2.05, 4.69) is 38.5 Å². The lowest BCUT2D eigenvalue weighted by Gasteiger charge is -2.05. The van der Waals surface area contributed by atoms with Crippen LogP contribution in [0.15, 0.2) is 22.7 Å². The number of rotatable bonds is 3. The highest BCUT2D eigenvalue weighted by Crippen LogP contribution is 2.19. The van der Waals surface area contributed by atoms with Crippen molar-refractivity contribution < 1.29 is 9.53 Å². The topological polar surface area (TPSA) is 26.3 Å². The SMILES string of the molecule is CCCOC(=O)c1cc(Br)ccc1I. The van der Waals surface area contributed by atoms with Crippen molar-refractivity contribution in [3.05, 3.63) is 31.8 Å². The molecule has 1 aromatic carbocycles. The van der Waals surface area contributed by atoms with E-state index in [1.807, 2.05) is 19.1 Å². The molecular weight excluding hydrogens is 359 g/mol. The van der Waals surface area contributed by atoms with E-state index in [1.54, 1.807) is 6.07 Å². The largest absolute Gasteiger partial charge is 0.462 e. The van der Waals surface area contributed by atoms with Crippen LogP contribution in [0.1, 0.15) is 23.7 Å². The smallest absolute Gasteiger partial charge is 0.339 e.